The van der Waals surface area contributed by atoms with Crippen LogP contribution in [0.3, 0.4) is 0 Å². The zero-order chi connectivity index (χ0) is 16.4. The Kier molecular flexibility index (Phi) is 4.76. The van der Waals surface area contributed by atoms with Crippen LogP contribution >= 0.6 is 0 Å². The number of anilines is 1. The maximum atomic E-state index is 12.7. The molecule has 2 fully saturated rings. The van der Waals surface area contributed by atoms with Crippen LogP contribution in [0.25, 0.3) is 0 Å². The van der Waals surface area contributed by atoms with Crippen molar-refractivity contribution < 1.29 is 9.32 Å². The van der Waals surface area contributed by atoms with Crippen LogP contribution in [0.15, 0.2) is 10.6 Å². The summed E-state index contributed by atoms with van der Waals surface area (Å²) in [4.78, 5) is 15.1. The van der Waals surface area contributed by atoms with Gasteiger partial charge in [0.2, 0.25) is 11.8 Å². The smallest absolute Gasteiger partial charge is 0.244 e. The average Bonchev–Trinajstić information content (AvgIpc) is 3.16. The minimum absolute atomic E-state index is 0.0127. The molecule has 23 heavy (non-hydrogen) atoms. The number of nitrogens with one attached hydrogen (secondary N) is 1. The van der Waals surface area contributed by atoms with Gasteiger partial charge in [0.25, 0.3) is 0 Å². The summed E-state index contributed by atoms with van der Waals surface area (Å²) in [5.74, 6) is 0.528. The second-order valence-electron chi connectivity index (χ2n) is 8.00. The summed E-state index contributed by atoms with van der Waals surface area (Å²) < 4.78 is 5.30. The molecular weight excluding hydrogens is 290 g/mol. The van der Waals surface area contributed by atoms with E-state index < -0.39 is 0 Å². The normalized spacial score (nSPS) is 24.0. The largest absolute Gasteiger partial charge is 0.338 e. The third-order valence-electron chi connectivity index (χ3n) is 5.17. The van der Waals surface area contributed by atoms with Crippen molar-refractivity contribution in [3.05, 3.63) is 11.8 Å². The Bertz CT molecular complexity index is 541. The maximum absolute atomic E-state index is 12.7. The van der Waals surface area contributed by atoms with E-state index in [0.717, 1.165) is 25.1 Å². The number of hydrogen-bond acceptors (Lipinski definition) is 4. The lowest BCUT2D eigenvalue weighted by Crippen LogP contribution is -2.46. The van der Waals surface area contributed by atoms with Crippen LogP contribution in [0.2, 0.25) is 0 Å². The molecule has 0 aromatic carbocycles. The first-order valence-corrected chi connectivity index (χ1v) is 8.99. The third kappa shape index (κ3) is 3.77. The number of carbonyl (C=O) groups is 1. The standard InChI is InChI=1S/C18H29N3O2/c1-18(2,3)15-12-16(23-20-15)19-17(22)14-10-7-11-21(14)13-8-5-4-6-9-13/h12-14H,4-11H2,1-3H3,(H,19,22). The highest BCUT2D eigenvalue weighted by molar-refractivity contribution is 5.94. The van der Waals surface area contributed by atoms with Crippen LogP contribution in [-0.2, 0) is 10.2 Å². The summed E-state index contributed by atoms with van der Waals surface area (Å²) in [6, 6.07) is 2.42. The number of carbonyl (C=O) groups excluding carboxylic acids is 1. The van der Waals surface area contributed by atoms with Gasteiger partial charge in [0.05, 0.1) is 11.7 Å². The zero-order valence-electron chi connectivity index (χ0n) is 14.6. The molecule has 1 aliphatic heterocycles. The van der Waals surface area contributed by atoms with Gasteiger partial charge >= 0.3 is 0 Å². The molecule has 1 atom stereocenters. The summed E-state index contributed by atoms with van der Waals surface area (Å²) in [7, 11) is 0. The summed E-state index contributed by atoms with van der Waals surface area (Å²) >= 11 is 0. The molecule has 2 heterocycles. The molecule has 0 spiro atoms. The van der Waals surface area contributed by atoms with E-state index in [2.05, 4.69) is 36.1 Å². The quantitative estimate of drug-likeness (QED) is 0.922. The van der Waals surface area contributed by atoms with E-state index in [9.17, 15) is 4.79 Å². The van der Waals surface area contributed by atoms with Crippen LogP contribution in [0.4, 0.5) is 5.88 Å². The van der Waals surface area contributed by atoms with Crippen molar-refractivity contribution in [3.8, 4) is 0 Å². The van der Waals surface area contributed by atoms with Crippen LogP contribution in [0.1, 0.15) is 71.4 Å². The number of likely N-dealkylation sites (tertiary alicyclic amines) is 1. The Morgan fingerprint density at radius 2 is 1.96 bits per heavy atom. The molecule has 1 aromatic rings. The third-order valence-corrected chi connectivity index (χ3v) is 5.17. The van der Waals surface area contributed by atoms with Crippen molar-refractivity contribution in [2.75, 3.05) is 11.9 Å². The van der Waals surface area contributed by atoms with Gasteiger partial charge in [-0.3, -0.25) is 15.0 Å². The molecule has 1 N–H and O–H groups in total. The Labute approximate surface area is 138 Å². The van der Waals surface area contributed by atoms with Crippen molar-refractivity contribution in [2.24, 2.45) is 0 Å². The monoisotopic (exact) mass is 319 g/mol. The number of aromatic nitrogens is 1. The predicted octanol–water partition coefficient (Wildman–Crippen LogP) is 3.71. The Morgan fingerprint density at radius 3 is 2.61 bits per heavy atom. The number of hydrogen-bond donors (Lipinski definition) is 1. The first kappa shape index (κ1) is 16.5. The fourth-order valence-corrected chi connectivity index (χ4v) is 3.81. The Balaban J connectivity index is 1.63. The highest BCUT2D eigenvalue weighted by Crippen LogP contribution is 2.30. The lowest BCUT2D eigenvalue weighted by molar-refractivity contribution is -0.121. The predicted molar refractivity (Wildman–Crippen MR) is 90.4 cm³/mol. The average molecular weight is 319 g/mol. The van der Waals surface area contributed by atoms with Crippen molar-refractivity contribution in [1.82, 2.24) is 10.1 Å². The highest BCUT2D eigenvalue weighted by Gasteiger charge is 2.36. The van der Waals surface area contributed by atoms with E-state index in [0.29, 0.717) is 11.9 Å². The molecule has 2 aliphatic rings. The van der Waals surface area contributed by atoms with Gasteiger partial charge in [-0.2, -0.15) is 0 Å². The van der Waals surface area contributed by atoms with Crippen molar-refractivity contribution in [1.29, 1.82) is 0 Å². The van der Waals surface area contributed by atoms with Gasteiger partial charge < -0.3 is 4.52 Å². The minimum Gasteiger partial charge on any atom is -0.338 e. The van der Waals surface area contributed by atoms with Gasteiger partial charge in [0, 0.05) is 17.5 Å². The van der Waals surface area contributed by atoms with Gasteiger partial charge in [-0.25, -0.2) is 0 Å². The molecule has 5 heteroatoms. The van der Waals surface area contributed by atoms with E-state index in [4.69, 9.17) is 4.52 Å². The molecule has 1 unspecified atom stereocenters. The van der Waals surface area contributed by atoms with Gasteiger partial charge in [-0.05, 0) is 32.2 Å². The summed E-state index contributed by atoms with van der Waals surface area (Å²) in [5, 5.41) is 7.01. The van der Waals surface area contributed by atoms with Gasteiger partial charge in [-0.1, -0.05) is 45.2 Å². The minimum atomic E-state index is -0.0754. The SMILES string of the molecule is CC(C)(C)c1cc(NC(=O)C2CCCN2C2CCCCC2)on1. The molecular formula is C18H29N3O2. The van der Waals surface area contributed by atoms with Crippen LogP contribution in [0, 0.1) is 0 Å². The topological polar surface area (TPSA) is 58.4 Å². The Hall–Kier alpha value is -1.36. The molecule has 5 nitrogen and oxygen atoms in total. The molecule has 1 saturated heterocycles. The zero-order valence-corrected chi connectivity index (χ0v) is 14.6. The maximum Gasteiger partial charge on any atom is 0.244 e. The molecule has 0 bridgehead atoms. The fourth-order valence-electron chi connectivity index (χ4n) is 3.81. The van der Waals surface area contributed by atoms with E-state index in [1.54, 1.807) is 0 Å². The molecule has 1 saturated carbocycles. The first-order valence-electron chi connectivity index (χ1n) is 8.99. The number of nitrogens with zero attached hydrogens (tertiary/aromatic N) is 2. The second-order valence-corrected chi connectivity index (χ2v) is 8.00. The number of amides is 1. The van der Waals surface area contributed by atoms with Crippen molar-refractivity contribution >= 4 is 11.8 Å². The van der Waals surface area contributed by atoms with E-state index in [-0.39, 0.29) is 17.4 Å². The second kappa shape index (κ2) is 6.63. The van der Waals surface area contributed by atoms with Gasteiger partial charge in [0.15, 0.2) is 0 Å². The molecule has 0 radical (unpaired) electrons. The van der Waals surface area contributed by atoms with E-state index >= 15 is 0 Å². The molecule has 128 valence electrons. The number of rotatable bonds is 3. The highest BCUT2D eigenvalue weighted by atomic mass is 16.5. The van der Waals surface area contributed by atoms with E-state index in [1.165, 1.54) is 32.1 Å². The molecule has 1 amide bonds. The van der Waals surface area contributed by atoms with Crippen LogP contribution in [0.5, 0.6) is 0 Å². The van der Waals surface area contributed by atoms with Crippen molar-refractivity contribution in [3.63, 3.8) is 0 Å². The molecule has 1 aliphatic carbocycles. The van der Waals surface area contributed by atoms with Gasteiger partial charge in [0.1, 0.15) is 0 Å². The van der Waals surface area contributed by atoms with Gasteiger partial charge in [-0.15, -0.1) is 0 Å². The molecule has 3 rings (SSSR count). The van der Waals surface area contributed by atoms with Crippen LogP contribution < -0.4 is 5.32 Å². The van der Waals surface area contributed by atoms with Crippen molar-refractivity contribution in [2.45, 2.75) is 83.2 Å². The molecule has 1 aromatic heterocycles. The first-order chi connectivity index (χ1) is 10.9. The fraction of sp³-hybridized carbons (Fsp3) is 0.778. The lowest BCUT2D eigenvalue weighted by atomic mass is 9.92. The Morgan fingerprint density at radius 1 is 1.22 bits per heavy atom. The van der Waals surface area contributed by atoms with Crippen LogP contribution in [-0.4, -0.2) is 34.6 Å². The lowest BCUT2D eigenvalue weighted by Gasteiger charge is -2.34. The summed E-state index contributed by atoms with van der Waals surface area (Å²) in [5.41, 5.74) is 0.789. The van der Waals surface area contributed by atoms with E-state index in [1.807, 2.05) is 6.07 Å². The summed E-state index contributed by atoms with van der Waals surface area (Å²) in [6.07, 6.45) is 8.47. The summed E-state index contributed by atoms with van der Waals surface area (Å²) in [6.45, 7) is 7.29.